The maximum Gasteiger partial charge on any atom is 0.251 e. The van der Waals surface area contributed by atoms with E-state index >= 15 is 0 Å². The predicted molar refractivity (Wildman–Crippen MR) is 84.0 cm³/mol. The van der Waals surface area contributed by atoms with Crippen LogP contribution in [0, 0.1) is 0 Å². The average Bonchev–Trinajstić information content (AvgIpc) is 2.42. The van der Waals surface area contributed by atoms with E-state index in [1.165, 1.54) is 19.3 Å². The molecule has 4 N–H and O–H groups in total. The summed E-state index contributed by atoms with van der Waals surface area (Å²) in [6.07, 6.45) is 6.11. The van der Waals surface area contributed by atoms with Crippen molar-refractivity contribution in [3.63, 3.8) is 0 Å². The monoisotopic (exact) mass is 275 g/mol. The molecule has 110 valence electrons. The van der Waals surface area contributed by atoms with Crippen molar-refractivity contribution >= 4 is 17.3 Å². The molecular weight excluding hydrogens is 250 g/mol. The van der Waals surface area contributed by atoms with Crippen LogP contribution in [-0.2, 0) is 0 Å². The average molecular weight is 275 g/mol. The predicted octanol–water partition coefficient (Wildman–Crippen LogP) is 3.15. The standard InChI is InChI=1S/C16H25N3O/c1-3-18-15(20)12-7-8-13(17)14(11-12)19-16(2)9-5-4-6-10-16/h7-8,11,19H,3-6,9-10,17H2,1-2H3,(H,18,20). The Kier molecular flexibility index (Phi) is 4.53. The zero-order chi connectivity index (χ0) is 14.6. The van der Waals surface area contributed by atoms with Crippen LogP contribution in [0.5, 0.6) is 0 Å². The molecule has 1 saturated carbocycles. The molecule has 1 aliphatic carbocycles. The van der Waals surface area contributed by atoms with Crippen molar-refractivity contribution in [3.8, 4) is 0 Å². The van der Waals surface area contributed by atoms with E-state index in [4.69, 9.17) is 5.73 Å². The lowest BCUT2D eigenvalue weighted by Gasteiger charge is -2.36. The van der Waals surface area contributed by atoms with Gasteiger partial charge in [0.25, 0.3) is 5.91 Å². The van der Waals surface area contributed by atoms with Gasteiger partial charge in [-0.2, -0.15) is 0 Å². The first-order valence-electron chi connectivity index (χ1n) is 7.50. The van der Waals surface area contributed by atoms with Crippen LogP contribution in [0.1, 0.15) is 56.3 Å². The molecule has 0 atom stereocenters. The number of carbonyl (C=O) groups is 1. The molecule has 0 saturated heterocycles. The van der Waals surface area contributed by atoms with Gasteiger partial charge in [0.1, 0.15) is 0 Å². The van der Waals surface area contributed by atoms with E-state index in [0.29, 0.717) is 17.8 Å². The Bertz CT molecular complexity index is 479. The molecule has 0 aromatic heterocycles. The third-order valence-corrected chi connectivity index (χ3v) is 4.05. The summed E-state index contributed by atoms with van der Waals surface area (Å²) in [7, 11) is 0. The van der Waals surface area contributed by atoms with Gasteiger partial charge in [0.05, 0.1) is 11.4 Å². The molecule has 4 heteroatoms. The molecule has 1 fully saturated rings. The van der Waals surface area contributed by atoms with Crippen LogP contribution in [-0.4, -0.2) is 18.0 Å². The van der Waals surface area contributed by atoms with Crippen molar-refractivity contribution in [2.24, 2.45) is 0 Å². The van der Waals surface area contributed by atoms with Crippen LogP contribution in [0.4, 0.5) is 11.4 Å². The zero-order valence-corrected chi connectivity index (χ0v) is 12.5. The lowest BCUT2D eigenvalue weighted by Crippen LogP contribution is -2.37. The molecule has 0 aliphatic heterocycles. The molecule has 2 rings (SSSR count). The molecule has 4 nitrogen and oxygen atoms in total. The van der Waals surface area contributed by atoms with E-state index in [1.54, 1.807) is 12.1 Å². The summed E-state index contributed by atoms with van der Waals surface area (Å²) in [6, 6.07) is 5.44. The van der Waals surface area contributed by atoms with E-state index in [2.05, 4.69) is 17.6 Å². The number of anilines is 2. The second-order valence-corrected chi connectivity index (χ2v) is 5.91. The SMILES string of the molecule is CCNC(=O)c1ccc(N)c(NC2(C)CCCCC2)c1. The molecule has 1 aliphatic rings. The normalized spacial score (nSPS) is 17.5. The fourth-order valence-electron chi connectivity index (χ4n) is 2.85. The van der Waals surface area contributed by atoms with Crippen LogP contribution in [0.3, 0.4) is 0 Å². The minimum absolute atomic E-state index is 0.0515. The Labute approximate surface area is 121 Å². The molecule has 0 unspecified atom stereocenters. The van der Waals surface area contributed by atoms with Crippen molar-refractivity contribution in [2.45, 2.75) is 51.5 Å². The summed E-state index contributed by atoms with van der Waals surface area (Å²) >= 11 is 0. The Morgan fingerprint density at radius 3 is 2.65 bits per heavy atom. The van der Waals surface area contributed by atoms with Crippen molar-refractivity contribution in [1.29, 1.82) is 0 Å². The van der Waals surface area contributed by atoms with Crippen LogP contribution < -0.4 is 16.4 Å². The molecule has 1 aromatic rings. The van der Waals surface area contributed by atoms with E-state index in [1.807, 2.05) is 13.0 Å². The van der Waals surface area contributed by atoms with E-state index < -0.39 is 0 Å². The van der Waals surface area contributed by atoms with Crippen LogP contribution >= 0.6 is 0 Å². The summed E-state index contributed by atoms with van der Waals surface area (Å²) in [6.45, 7) is 4.78. The molecule has 1 amide bonds. The minimum Gasteiger partial charge on any atom is -0.397 e. The zero-order valence-electron chi connectivity index (χ0n) is 12.5. The summed E-state index contributed by atoms with van der Waals surface area (Å²) in [5.41, 5.74) is 8.36. The first kappa shape index (κ1) is 14.7. The first-order valence-corrected chi connectivity index (χ1v) is 7.50. The lowest BCUT2D eigenvalue weighted by atomic mass is 9.83. The minimum atomic E-state index is -0.0515. The number of hydrogen-bond donors (Lipinski definition) is 3. The van der Waals surface area contributed by atoms with Gasteiger partial charge in [-0.1, -0.05) is 19.3 Å². The van der Waals surface area contributed by atoms with Gasteiger partial charge in [-0.25, -0.2) is 0 Å². The number of carbonyl (C=O) groups excluding carboxylic acids is 1. The van der Waals surface area contributed by atoms with Crippen molar-refractivity contribution in [1.82, 2.24) is 5.32 Å². The van der Waals surface area contributed by atoms with Crippen molar-refractivity contribution in [2.75, 3.05) is 17.6 Å². The highest BCUT2D eigenvalue weighted by Gasteiger charge is 2.27. The molecule has 20 heavy (non-hydrogen) atoms. The van der Waals surface area contributed by atoms with Gasteiger partial charge in [0.2, 0.25) is 0 Å². The van der Waals surface area contributed by atoms with Gasteiger partial charge in [-0.15, -0.1) is 0 Å². The van der Waals surface area contributed by atoms with Gasteiger partial charge in [-0.05, 0) is 44.9 Å². The van der Waals surface area contributed by atoms with Crippen molar-refractivity contribution < 1.29 is 4.79 Å². The fourth-order valence-corrected chi connectivity index (χ4v) is 2.85. The van der Waals surface area contributed by atoms with Crippen LogP contribution in [0.15, 0.2) is 18.2 Å². The van der Waals surface area contributed by atoms with Gasteiger partial charge < -0.3 is 16.4 Å². The maximum atomic E-state index is 11.9. The Balaban J connectivity index is 2.18. The number of nitrogen functional groups attached to an aromatic ring is 1. The molecule has 0 bridgehead atoms. The summed E-state index contributed by atoms with van der Waals surface area (Å²) in [5, 5.41) is 6.37. The second-order valence-electron chi connectivity index (χ2n) is 5.91. The molecule has 0 spiro atoms. The number of hydrogen-bond acceptors (Lipinski definition) is 3. The number of rotatable bonds is 4. The highest BCUT2D eigenvalue weighted by Crippen LogP contribution is 2.33. The molecule has 0 heterocycles. The maximum absolute atomic E-state index is 11.9. The molecule has 0 radical (unpaired) electrons. The largest absolute Gasteiger partial charge is 0.397 e. The third-order valence-electron chi connectivity index (χ3n) is 4.05. The number of benzene rings is 1. The van der Waals surface area contributed by atoms with Gasteiger partial charge in [-0.3, -0.25) is 4.79 Å². The smallest absolute Gasteiger partial charge is 0.251 e. The second kappa shape index (κ2) is 6.16. The highest BCUT2D eigenvalue weighted by atomic mass is 16.1. The lowest BCUT2D eigenvalue weighted by molar-refractivity contribution is 0.0956. The van der Waals surface area contributed by atoms with Gasteiger partial charge in [0.15, 0.2) is 0 Å². The third kappa shape index (κ3) is 3.44. The Morgan fingerprint density at radius 1 is 1.30 bits per heavy atom. The number of nitrogens with two attached hydrogens (primary N) is 1. The summed E-state index contributed by atoms with van der Waals surface area (Å²) < 4.78 is 0. The first-order chi connectivity index (χ1) is 9.54. The highest BCUT2D eigenvalue weighted by molar-refractivity contribution is 5.96. The Morgan fingerprint density at radius 2 is 2.00 bits per heavy atom. The Hall–Kier alpha value is -1.71. The molecule has 1 aromatic carbocycles. The quantitative estimate of drug-likeness (QED) is 0.739. The van der Waals surface area contributed by atoms with Crippen molar-refractivity contribution in [3.05, 3.63) is 23.8 Å². The number of amides is 1. The van der Waals surface area contributed by atoms with Gasteiger partial charge >= 0.3 is 0 Å². The topological polar surface area (TPSA) is 67.2 Å². The number of nitrogens with one attached hydrogen (secondary N) is 2. The van der Waals surface area contributed by atoms with E-state index in [9.17, 15) is 4.79 Å². The van der Waals surface area contributed by atoms with E-state index in [0.717, 1.165) is 18.5 Å². The van der Waals surface area contributed by atoms with Crippen LogP contribution in [0.2, 0.25) is 0 Å². The van der Waals surface area contributed by atoms with E-state index in [-0.39, 0.29) is 11.4 Å². The summed E-state index contributed by atoms with van der Waals surface area (Å²) in [4.78, 5) is 11.9. The summed E-state index contributed by atoms with van der Waals surface area (Å²) in [5.74, 6) is -0.0515. The van der Waals surface area contributed by atoms with Crippen LogP contribution in [0.25, 0.3) is 0 Å². The fraction of sp³-hybridized carbons (Fsp3) is 0.562. The molecular formula is C16H25N3O. The van der Waals surface area contributed by atoms with Gasteiger partial charge in [0, 0.05) is 17.6 Å².